The van der Waals surface area contributed by atoms with E-state index in [-0.39, 0.29) is 18.9 Å². The third kappa shape index (κ3) is 5.90. The molecular weight excluding hydrogens is 308 g/mol. The number of carbonyl (C=O) groups excluding carboxylic acids is 1. The number of carbonyl (C=O) groups is 1. The van der Waals surface area contributed by atoms with Crippen molar-refractivity contribution in [1.82, 2.24) is 5.32 Å². The second-order valence-corrected chi connectivity index (χ2v) is 6.54. The van der Waals surface area contributed by atoms with Gasteiger partial charge in [0.15, 0.2) is 0 Å². The lowest BCUT2D eigenvalue weighted by molar-refractivity contribution is -0.121. The van der Waals surface area contributed by atoms with E-state index in [1.165, 1.54) is 11.4 Å². The lowest BCUT2D eigenvalue weighted by atomic mass is 10.3. The number of hydrogen-bond donors (Lipinski definition) is 1. The van der Waals surface area contributed by atoms with E-state index in [1.807, 2.05) is 0 Å². The summed E-state index contributed by atoms with van der Waals surface area (Å²) in [4.78, 5) is 11.7. The minimum atomic E-state index is -3.49. The lowest BCUT2D eigenvalue weighted by Gasteiger charge is -2.22. The van der Waals surface area contributed by atoms with Crippen LogP contribution < -0.4 is 14.4 Å². The SMILES string of the molecule is COCCNC(=O)CCN(c1cccc(OC)c1)S(C)(=O)=O. The van der Waals surface area contributed by atoms with Crippen LogP contribution in [0.15, 0.2) is 24.3 Å². The van der Waals surface area contributed by atoms with Crippen molar-refractivity contribution in [3.63, 3.8) is 0 Å². The molecule has 0 bridgehead atoms. The molecular formula is C14H22N2O5S. The molecule has 7 nitrogen and oxygen atoms in total. The summed E-state index contributed by atoms with van der Waals surface area (Å²) in [5, 5.41) is 2.65. The molecule has 0 radical (unpaired) electrons. The maximum absolute atomic E-state index is 11.9. The predicted octanol–water partition coefficient (Wildman–Crippen LogP) is 0.614. The summed E-state index contributed by atoms with van der Waals surface area (Å²) in [5.41, 5.74) is 0.464. The van der Waals surface area contributed by atoms with Crippen LogP contribution in [-0.4, -0.2) is 54.5 Å². The van der Waals surface area contributed by atoms with E-state index in [0.29, 0.717) is 24.6 Å². The molecule has 0 unspecified atom stereocenters. The van der Waals surface area contributed by atoms with Crippen LogP contribution in [0, 0.1) is 0 Å². The van der Waals surface area contributed by atoms with Gasteiger partial charge in [0, 0.05) is 32.7 Å². The monoisotopic (exact) mass is 330 g/mol. The number of benzene rings is 1. The fourth-order valence-electron chi connectivity index (χ4n) is 1.84. The fraction of sp³-hybridized carbons (Fsp3) is 0.500. The van der Waals surface area contributed by atoms with Crippen LogP contribution in [0.4, 0.5) is 5.69 Å². The number of hydrogen-bond acceptors (Lipinski definition) is 5. The highest BCUT2D eigenvalue weighted by molar-refractivity contribution is 7.92. The molecule has 0 aromatic heterocycles. The highest BCUT2D eigenvalue weighted by atomic mass is 32.2. The minimum Gasteiger partial charge on any atom is -0.497 e. The molecule has 0 atom stereocenters. The first-order valence-corrected chi connectivity index (χ1v) is 8.60. The minimum absolute atomic E-state index is 0.0603. The zero-order valence-corrected chi connectivity index (χ0v) is 13.9. The van der Waals surface area contributed by atoms with Crippen LogP contribution in [0.3, 0.4) is 0 Å². The number of methoxy groups -OCH3 is 2. The van der Waals surface area contributed by atoms with Crippen LogP contribution in [0.5, 0.6) is 5.75 Å². The second kappa shape index (κ2) is 8.60. The van der Waals surface area contributed by atoms with Crippen molar-refractivity contribution in [3.8, 4) is 5.75 Å². The van der Waals surface area contributed by atoms with Gasteiger partial charge in [-0.3, -0.25) is 9.10 Å². The molecule has 0 aliphatic heterocycles. The summed E-state index contributed by atoms with van der Waals surface area (Å²) in [7, 11) is -0.442. The van der Waals surface area contributed by atoms with Crippen LogP contribution in [0.25, 0.3) is 0 Å². The molecule has 0 saturated carbocycles. The molecule has 1 aromatic carbocycles. The Kier molecular flexibility index (Phi) is 7.13. The van der Waals surface area contributed by atoms with Crippen LogP contribution in [0.1, 0.15) is 6.42 Å². The van der Waals surface area contributed by atoms with Gasteiger partial charge in [0.1, 0.15) is 5.75 Å². The molecule has 1 amide bonds. The fourth-order valence-corrected chi connectivity index (χ4v) is 2.76. The number of nitrogens with zero attached hydrogens (tertiary/aromatic N) is 1. The van der Waals surface area contributed by atoms with Crippen LogP contribution >= 0.6 is 0 Å². The second-order valence-electron chi connectivity index (χ2n) is 4.63. The van der Waals surface area contributed by atoms with Crippen LogP contribution in [0.2, 0.25) is 0 Å². The summed E-state index contributed by atoms with van der Waals surface area (Å²) in [5.74, 6) is 0.323. The van der Waals surface area contributed by atoms with Gasteiger partial charge in [-0.1, -0.05) is 6.07 Å². The average molecular weight is 330 g/mol. The molecule has 1 N–H and O–H groups in total. The van der Waals surface area contributed by atoms with Gasteiger partial charge in [-0.2, -0.15) is 0 Å². The summed E-state index contributed by atoms with van der Waals surface area (Å²) < 4.78 is 35.0. The Labute approximate surface area is 131 Å². The Hall–Kier alpha value is -1.80. The van der Waals surface area contributed by atoms with Gasteiger partial charge in [-0.05, 0) is 12.1 Å². The number of nitrogens with one attached hydrogen (secondary N) is 1. The standard InChI is InChI=1S/C14H22N2O5S/c1-20-10-8-15-14(17)7-9-16(22(3,18)19)12-5-4-6-13(11-12)21-2/h4-6,11H,7-10H2,1-3H3,(H,15,17). The summed E-state index contributed by atoms with van der Waals surface area (Å²) in [6.45, 7) is 0.871. The highest BCUT2D eigenvalue weighted by Gasteiger charge is 2.19. The number of rotatable bonds is 9. The summed E-state index contributed by atoms with van der Waals surface area (Å²) in [6.07, 6.45) is 1.17. The zero-order valence-electron chi connectivity index (χ0n) is 13.0. The molecule has 1 aromatic rings. The third-order valence-corrected chi connectivity index (χ3v) is 4.11. The Bertz CT molecular complexity index is 589. The van der Waals surface area contributed by atoms with Crippen molar-refractivity contribution in [3.05, 3.63) is 24.3 Å². The van der Waals surface area contributed by atoms with Crippen LogP contribution in [-0.2, 0) is 19.6 Å². The van der Waals surface area contributed by atoms with E-state index in [4.69, 9.17) is 9.47 Å². The maximum atomic E-state index is 11.9. The molecule has 22 heavy (non-hydrogen) atoms. The average Bonchev–Trinajstić information content (AvgIpc) is 2.46. The van der Waals surface area contributed by atoms with E-state index in [2.05, 4.69) is 5.32 Å². The highest BCUT2D eigenvalue weighted by Crippen LogP contribution is 2.23. The third-order valence-electron chi connectivity index (χ3n) is 2.91. The molecule has 0 spiro atoms. The Balaban J connectivity index is 2.76. The summed E-state index contributed by atoms with van der Waals surface area (Å²) >= 11 is 0. The smallest absolute Gasteiger partial charge is 0.232 e. The number of anilines is 1. The molecule has 0 saturated heterocycles. The van der Waals surface area contributed by atoms with E-state index in [0.717, 1.165) is 6.26 Å². The van der Waals surface area contributed by atoms with E-state index >= 15 is 0 Å². The first-order chi connectivity index (χ1) is 10.4. The molecule has 0 fully saturated rings. The van der Waals surface area contributed by atoms with Crippen molar-refractivity contribution in [1.29, 1.82) is 0 Å². The Morgan fingerprint density at radius 3 is 2.64 bits per heavy atom. The van der Waals surface area contributed by atoms with Gasteiger partial charge < -0.3 is 14.8 Å². The molecule has 8 heteroatoms. The molecule has 0 heterocycles. The molecule has 0 aliphatic rings. The first-order valence-electron chi connectivity index (χ1n) is 6.76. The van der Waals surface area contributed by atoms with Gasteiger partial charge in [0.2, 0.25) is 15.9 Å². The van der Waals surface area contributed by atoms with Gasteiger partial charge in [0.25, 0.3) is 0 Å². The van der Waals surface area contributed by atoms with E-state index < -0.39 is 10.0 Å². The van der Waals surface area contributed by atoms with Crippen molar-refractivity contribution < 1.29 is 22.7 Å². The Morgan fingerprint density at radius 1 is 1.32 bits per heavy atom. The van der Waals surface area contributed by atoms with E-state index in [9.17, 15) is 13.2 Å². The first kappa shape index (κ1) is 18.2. The quantitative estimate of drug-likeness (QED) is 0.671. The topological polar surface area (TPSA) is 84.9 Å². The summed E-state index contributed by atoms with van der Waals surface area (Å²) in [6, 6.07) is 6.70. The van der Waals surface area contributed by atoms with Gasteiger partial charge in [-0.15, -0.1) is 0 Å². The predicted molar refractivity (Wildman–Crippen MR) is 84.7 cm³/mol. The number of ether oxygens (including phenoxy) is 2. The molecule has 124 valence electrons. The number of sulfonamides is 1. The van der Waals surface area contributed by atoms with Crippen molar-refractivity contribution in [2.45, 2.75) is 6.42 Å². The van der Waals surface area contributed by atoms with Gasteiger partial charge in [0.05, 0.1) is 25.7 Å². The lowest BCUT2D eigenvalue weighted by Crippen LogP contribution is -2.35. The van der Waals surface area contributed by atoms with Gasteiger partial charge >= 0.3 is 0 Å². The van der Waals surface area contributed by atoms with Gasteiger partial charge in [-0.25, -0.2) is 8.42 Å². The van der Waals surface area contributed by atoms with E-state index in [1.54, 1.807) is 31.4 Å². The number of amides is 1. The zero-order chi connectivity index (χ0) is 16.6. The maximum Gasteiger partial charge on any atom is 0.232 e. The molecule has 0 aliphatic carbocycles. The Morgan fingerprint density at radius 2 is 2.05 bits per heavy atom. The van der Waals surface area contributed by atoms with Crippen molar-refractivity contribution in [2.24, 2.45) is 0 Å². The normalized spacial score (nSPS) is 11.0. The van der Waals surface area contributed by atoms with Crippen molar-refractivity contribution >= 4 is 21.6 Å². The molecule has 1 rings (SSSR count). The van der Waals surface area contributed by atoms with Crippen molar-refractivity contribution in [2.75, 3.05) is 44.5 Å². The largest absolute Gasteiger partial charge is 0.497 e.